The first-order valence-corrected chi connectivity index (χ1v) is 6.37. The maximum atomic E-state index is 2.36. The van der Waals surface area contributed by atoms with Gasteiger partial charge in [-0.25, -0.2) is 0 Å². The van der Waals surface area contributed by atoms with Crippen LogP contribution in [0.5, 0.6) is 0 Å². The van der Waals surface area contributed by atoms with E-state index in [0.717, 1.165) is 12.3 Å². The maximum absolute atomic E-state index is 2.36. The lowest BCUT2D eigenvalue weighted by molar-refractivity contribution is 0.385. The third-order valence-corrected chi connectivity index (χ3v) is 3.14. The summed E-state index contributed by atoms with van der Waals surface area (Å²) >= 11 is 0. The van der Waals surface area contributed by atoms with Gasteiger partial charge in [-0.05, 0) is 17.9 Å². The monoisotopic (exact) mass is 206 g/mol. The van der Waals surface area contributed by atoms with Crippen LogP contribution >= 0.6 is 0 Å². The van der Waals surface area contributed by atoms with Crippen molar-refractivity contribution in [1.29, 1.82) is 0 Å². The van der Waals surface area contributed by atoms with Gasteiger partial charge in [0.15, 0.2) is 0 Å². The summed E-state index contributed by atoms with van der Waals surface area (Å²) in [5, 5.41) is 0. The Morgan fingerprint density at radius 1 is 1.07 bits per heavy atom. The molecule has 1 aliphatic carbocycles. The molecule has 0 heteroatoms. The predicted octanol–water partition coefficient (Wildman–Crippen LogP) is 5.08. The van der Waals surface area contributed by atoms with Gasteiger partial charge in [-0.15, -0.1) is 0 Å². The van der Waals surface area contributed by atoms with Gasteiger partial charge in [-0.2, -0.15) is 0 Å². The van der Waals surface area contributed by atoms with Crippen LogP contribution in [0.4, 0.5) is 0 Å². The van der Waals surface area contributed by atoms with Crippen LogP contribution in [0.25, 0.3) is 0 Å². The summed E-state index contributed by atoms with van der Waals surface area (Å²) in [5.41, 5.74) is 1.41. The van der Waals surface area contributed by atoms with E-state index in [1.165, 1.54) is 37.7 Å². The summed E-state index contributed by atoms with van der Waals surface area (Å²) in [4.78, 5) is 0. The molecule has 15 heavy (non-hydrogen) atoms. The summed E-state index contributed by atoms with van der Waals surface area (Å²) in [6, 6.07) is 10.5. The lowest BCUT2D eigenvalue weighted by atomic mass is 9.91. The van der Waals surface area contributed by atoms with Crippen LogP contribution in [0.3, 0.4) is 0 Å². The lowest BCUT2D eigenvalue weighted by Crippen LogP contribution is -1.99. The highest BCUT2D eigenvalue weighted by molar-refractivity contribution is 5.13. The van der Waals surface area contributed by atoms with Gasteiger partial charge in [0, 0.05) is 1.43 Å². The number of aryl methyl sites for hydroxylation is 1. The summed E-state index contributed by atoms with van der Waals surface area (Å²) in [6.45, 7) is 4.52. The van der Waals surface area contributed by atoms with E-state index in [4.69, 9.17) is 0 Å². The van der Waals surface area contributed by atoms with Crippen LogP contribution < -0.4 is 0 Å². The molecule has 0 atom stereocenters. The Balaban J connectivity index is 0.000000267. The first kappa shape index (κ1) is 12.3. The molecule has 1 aromatic carbocycles. The molecule has 1 fully saturated rings. The first-order chi connectivity index (χ1) is 7.33. The summed E-state index contributed by atoms with van der Waals surface area (Å²) in [6.07, 6.45) is 8.58. The minimum Gasteiger partial charge on any atom is -0.0625 e. The molecule has 0 nitrogen and oxygen atoms in total. The predicted molar refractivity (Wildman–Crippen MR) is 70.2 cm³/mol. The average molecular weight is 206 g/mol. The van der Waals surface area contributed by atoms with Gasteiger partial charge in [0.1, 0.15) is 0 Å². The fourth-order valence-electron chi connectivity index (χ4n) is 2.02. The maximum Gasteiger partial charge on any atom is 0 e. The van der Waals surface area contributed by atoms with Crippen molar-refractivity contribution in [2.24, 2.45) is 5.92 Å². The highest BCUT2D eigenvalue weighted by Crippen LogP contribution is 2.22. The molecule has 86 valence electrons. The van der Waals surface area contributed by atoms with Crippen LogP contribution in [0, 0.1) is 5.92 Å². The van der Waals surface area contributed by atoms with E-state index >= 15 is 0 Å². The molecule has 0 bridgehead atoms. The first-order valence-electron chi connectivity index (χ1n) is 6.37. The van der Waals surface area contributed by atoms with Crippen LogP contribution in [-0.4, -0.2) is 0 Å². The zero-order valence-electron chi connectivity index (χ0n) is 10.2. The molecule has 0 saturated heterocycles. The van der Waals surface area contributed by atoms with E-state index in [1.807, 2.05) is 6.07 Å². The van der Waals surface area contributed by atoms with Crippen molar-refractivity contribution in [3.63, 3.8) is 0 Å². The van der Waals surface area contributed by atoms with Gasteiger partial charge in [-0.3, -0.25) is 0 Å². The van der Waals surface area contributed by atoms with E-state index < -0.39 is 0 Å². The third kappa shape index (κ3) is 5.61. The number of benzene rings is 1. The van der Waals surface area contributed by atoms with Gasteiger partial charge in [-0.1, -0.05) is 76.3 Å². The highest BCUT2D eigenvalue weighted by atomic mass is 14.1. The number of hydrogen-bond donors (Lipinski definition) is 0. The zero-order valence-corrected chi connectivity index (χ0v) is 10.2. The Hall–Kier alpha value is -0.780. The van der Waals surface area contributed by atoms with Crippen molar-refractivity contribution in [1.82, 2.24) is 0 Å². The van der Waals surface area contributed by atoms with Crippen LogP contribution in [-0.2, 0) is 6.42 Å². The third-order valence-electron chi connectivity index (χ3n) is 3.14. The quantitative estimate of drug-likeness (QED) is 0.601. The van der Waals surface area contributed by atoms with Gasteiger partial charge in [0.2, 0.25) is 0 Å². The molecule has 0 N–H and O–H groups in total. The summed E-state index contributed by atoms with van der Waals surface area (Å²) < 4.78 is 0. The topological polar surface area (TPSA) is 0 Å². The Kier molecular flexibility index (Phi) is 6.15. The molecule has 1 aromatic rings. The van der Waals surface area contributed by atoms with Crippen molar-refractivity contribution in [3.8, 4) is 0 Å². The van der Waals surface area contributed by atoms with Crippen molar-refractivity contribution in [2.45, 2.75) is 52.4 Å². The molecule has 1 saturated carbocycles. The molecule has 0 radical (unpaired) electrons. The lowest BCUT2D eigenvalue weighted by Gasteiger charge is -2.15. The molecule has 1 aliphatic rings. The van der Waals surface area contributed by atoms with Gasteiger partial charge in [0.05, 0.1) is 0 Å². The second-order valence-corrected chi connectivity index (χ2v) is 4.58. The smallest absolute Gasteiger partial charge is 0 e. The van der Waals surface area contributed by atoms with Gasteiger partial charge >= 0.3 is 0 Å². The van der Waals surface area contributed by atoms with Crippen molar-refractivity contribution < 1.29 is 1.43 Å². The van der Waals surface area contributed by atoms with Crippen molar-refractivity contribution in [2.75, 3.05) is 0 Å². The largest absolute Gasteiger partial charge is 0.0625 e. The second kappa shape index (κ2) is 7.50. The SMILES string of the molecule is CC1CCCCC1.CCc1ccccc1.[HH]. The normalized spacial score (nSPS) is 16.7. The molecule has 2 rings (SSSR count). The molecular weight excluding hydrogens is 180 g/mol. The van der Waals surface area contributed by atoms with E-state index in [1.54, 1.807) is 0 Å². The van der Waals surface area contributed by atoms with Crippen LogP contribution in [0.15, 0.2) is 30.3 Å². The number of rotatable bonds is 1. The minimum atomic E-state index is 0. The molecule has 0 aromatic heterocycles. The Morgan fingerprint density at radius 2 is 1.67 bits per heavy atom. The van der Waals surface area contributed by atoms with E-state index in [2.05, 4.69) is 38.1 Å². The molecule has 0 heterocycles. The van der Waals surface area contributed by atoms with Crippen LogP contribution in [0.1, 0.15) is 52.9 Å². The summed E-state index contributed by atoms with van der Waals surface area (Å²) in [7, 11) is 0. The van der Waals surface area contributed by atoms with Gasteiger partial charge < -0.3 is 0 Å². The minimum absolute atomic E-state index is 0. The fourth-order valence-corrected chi connectivity index (χ4v) is 2.02. The average Bonchev–Trinajstić information content (AvgIpc) is 2.32. The molecule has 0 aliphatic heterocycles. The van der Waals surface area contributed by atoms with Crippen molar-refractivity contribution in [3.05, 3.63) is 35.9 Å². The summed E-state index contributed by atoms with van der Waals surface area (Å²) in [5.74, 6) is 1.04. The molecular formula is C15H26. The molecule has 0 amide bonds. The Morgan fingerprint density at radius 3 is 2.00 bits per heavy atom. The number of hydrogen-bond acceptors (Lipinski definition) is 0. The Bertz CT molecular complexity index is 237. The fraction of sp³-hybridized carbons (Fsp3) is 0.600. The Labute approximate surface area is 96.2 Å². The molecule has 0 spiro atoms. The standard InChI is InChI=1S/C8H10.C7H14.H2/c1-2-8-6-4-3-5-7-8;1-7-5-3-2-4-6-7;/h3-7H,2H2,1H3;7H,2-6H2,1H3;1H. The molecule has 0 unspecified atom stereocenters. The van der Waals surface area contributed by atoms with Crippen LogP contribution in [0.2, 0.25) is 0 Å². The highest BCUT2D eigenvalue weighted by Gasteiger charge is 2.05. The zero-order chi connectivity index (χ0) is 10.9. The van der Waals surface area contributed by atoms with E-state index in [9.17, 15) is 0 Å². The van der Waals surface area contributed by atoms with E-state index in [0.29, 0.717) is 0 Å². The van der Waals surface area contributed by atoms with E-state index in [-0.39, 0.29) is 1.43 Å². The second-order valence-electron chi connectivity index (χ2n) is 4.58. The van der Waals surface area contributed by atoms with Gasteiger partial charge in [0.25, 0.3) is 0 Å². The van der Waals surface area contributed by atoms with Crippen molar-refractivity contribution >= 4 is 0 Å².